The Morgan fingerprint density at radius 2 is 2.19 bits per heavy atom. The molecule has 0 amide bonds. The van der Waals surface area contributed by atoms with Crippen LogP contribution < -0.4 is 5.32 Å². The Kier molecular flexibility index (Phi) is 3.99. The maximum atomic E-state index is 4.18. The molecule has 1 aromatic heterocycles. The molecule has 90 valence electrons. The van der Waals surface area contributed by atoms with Crippen LogP contribution in [0.4, 0.5) is 0 Å². The van der Waals surface area contributed by atoms with Crippen molar-refractivity contribution in [3.8, 4) is 0 Å². The van der Waals surface area contributed by atoms with E-state index >= 15 is 0 Å². The van der Waals surface area contributed by atoms with Gasteiger partial charge in [-0.25, -0.2) is 0 Å². The van der Waals surface area contributed by atoms with E-state index < -0.39 is 0 Å². The lowest BCUT2D eigenvalue weighted by Crippen LogP contribution is -2.34. The van der Waals surface area contributed by atoms with Gasteiger partial charge in [-0.2, -0.15) is 5.10 Å². The fraction of sp³-hybridized carbons (Fsp3) is 0.769. The van der Waals surface area contributed by atoms with E-state index in [1.165, 1.54) is 37.7 Å². The third kappa shape index (κ3) is 3.08. The van der Waals surface area contributed by atoms with Crippen molar-refractivity contribution < 1.29 is 0 Å². The zero-order chi connectivity index (χ0) is 11.4. The van der Waals surface area contributed by atoms with Crippen LogP contribution in [0, 0.1) is 5.92 Å². The van der Waals surface area contributed by atoms with Crippen molar-refractivity contribution in [1.29, 1.82) is 0 Å². The summed E-state index contributed by atoms with van der Waals surface area (Å²) in [5, 5.41) is 7.81. The first-order valence-corrected chi connectivity index (χ1v) is 6.46. The average molecular weight is 221 g/mol. The molecule has 0 spiro atoms. The summed E-state index contributed by atoms with van der Waals surface area (Å²) >= 11 is 0. The molecule has 1 N–H and O–H groups in total. The molecular weight excluding hydrogens is 198 g/mol. The lowest BCUT2D eigenvalue weighted by Gasteiger charge is -2.28. The predicted molar refractivity (Wildman–Crippen MR) is 66.1 cm³/mol. The van der Waals surface area contributed by atoms with Crippen LogP contribution in [0.1, 0.15) is 44.6 Å². The highest BCUT2D eigenvalue weighted by Gasteiger charge is 2.19. The molecular formula is C13H23N3. The van der Waals surface area contributed by atoms with E-state index in [1.807, 2.05) is 17.9 Å². The van der Waals surface area contributed by atoms with E-state index in [1.54, 1.807) is 0 Å². The van der Waals surface area contributed by atoms with E-state index in [0.717, 1.165) is 12.5 Å². The molecule has 0 radical (unpaired) electrons. The fourth-order valence-electron chi connectivity index (χ4n) is 2.64. The third-order valence-corrected chi connectivity index (χ3v) is 3.74. The maximum absolute atomic E-state index is 4.18. The second-order valence-corrected chi connectivity index (χ2v) is 5.09. The molecule has 1 aromatic rings. The molecule has 16 heavy (non-hydrogen) atoms. The largest absolute Gasteiger partial charge is 0.310 e. The minimum Gasteiger partial charge on any atom is -0.310 e. The van der Waals surface area contributed by atoms with Gasteiger partial charge in [0.25, 0.3) is 0 Å². The van der Waals surface area contributed by atoms with Crippen molar-refractivity contribution in [2.75, 3.05) is 0 Å². The minimum atomic E-state index is 0.639. The summed E-state index contributed by atoms with van der Waals surface area (Å²) in [5.41, 5.74) is 1.28. The SMILES string of the molecule is C[C@H](NCc1cnn(C)c1)C1CCCCC1. The third-order valence-electron chi connectivity index (χ3n) is 3.74. The fourth-order valence-corrected chi connectivity index (χ4v) is 2.64. The summed E-state index contributed by atoms with van der Waals surface area (Å²) < 4.78 is 1.86. The number of aryl methyl sites for hydroxylation is 1. The Labute approximate surface area is 98.2 Å². The first kappa shape index (κ1) is 11.6. The summed E-state index contributed by atoms with van der Waals surface area (Å²) in [4.78, 5) is 0. The normalized spacial score (nSPS) is 19.9. The lowest BCUT2D eigenvalue weighted by atomic mass is 9.84. The van der Waals surface area contributed by atoms with Crippen LogP contribution in [0.5, 0.6) is 0 Å². The quantitative estimate of drug-likeness (QED) is 0.846. The van der Waals surface area contributed by atoms with Crippen molar-refractivity contribution in [3.63, 3.8) is 0 Å². The van der Waals surface area contributed by atoms with E-state index in [2.05, 4.69) is 23.5 Å². The molecule has 1 saturated carbocycles. The predicted octanol–water partition coefficient (Wildman–Crippen LogP) is 2.48. The smallest absolute Gasteiger partial charge is 0.0534 e. The van der Waals surface area contributed by atoms with Crippen molar-refractivity contribution in [3.05, 3.63) is 18.0 Å². The molecule has 3 heteroatoms. The van der Waals surface area contributed by atoms with E-state index in [4.69, 9.17) is 0 Å². The highest BCUT2D eigenvalue weighted by atomic mass is 15.2. The highest BCUT2D eigenvalue weighted by molar-refractivity contribution is 5.03. The first-order chi connectivity index (χ1) is 7.75. The van der Waals surface area contributed by atoms with Gasteiger partial charge in [0.2, 0.25) is 0 Å². The van der Waals surface area contributed by atoms with E-state index in [-0.39, 0.29) is 0 Å². The summed E-state index contributed by atoms with van der Waals surface area (Å²) in [7, 11) is 1.97. The van der Waals surface area contributed by atoms with Gasteiger partial charge in [0.1, 0.15) is 0 Å². The average Bonchev–Trinajstić information content (AvgIpc) is 2.73. The van der Waals surface area contributed by atoms with Gasteiger partial charge >= 0.3 is 0 Å². The molecule has 0 unspecified atom stereocenters. The Hall–Kier alpha value is -0.830. The van der Waals surface area contributed by atoms with Crippen LogP contribution in [-0.4, -0.2) is 15.8 Å². The molecule has 0 aliphatic heterocycles. The van der Waals surface area contributed by atoms with E-state index in [9.17, 15) is 0 Å². The minimum absolute atomic E-state index is 0.639. The zero-order valence-corrected chi connectivity index (χ0v) is 10.4. The van der Waals surface area contributed by atoms with Gasteiger partial charge < -0.3 is 5.32 Å². The molecule has 0 saturated heterocycles. The summed E-state index contributed by atoms with van der Waals surface area (Å²) in [5.74, 6) is 0.880. The van der Waals surface area contributed by atoms with Gasteiger partial charge in [-0.15, -0.1) is 0 Å². The second-order valence-electron chi connectivity index (χ2n) is 5.09. The van der Waals surface area contributed by atoms with Crippen molar-refractivity contribution in [2.45, 2.75) is 51.6 Å². The van der Waals surface area contributed by atoms with Crippen LogP contribution in [0.2, 0.25) is 0 Å². The molecule has 1 heterocycles. The molecule has 2 rings (SSSR count). The highest BCUT2D eigenvalue weighted by Crippen LogP contribution is 2.26. The van der Waals surface area contributed by atoms with Gasteiger partial charge in [-0.3, -0.25) is 4.68 Å². The Bertz CT molecular complexity index is 313. The van der Waals surface area contributed by atoms with Crippen LogP contribution >= 0.6 is 0 Å². The molecule has 0 aromatic carbocycles. The van der Waals surface area contributed by atoms with Gasteiger partial charge in [0, 0.05) is 31.4 Å². The Morgan fingerprint density at radius 3 is 2.81 bits per heavy atom. The van der Waals surface area contributed by atoms with Crippen LogP contribution in [-0.2, 0) is 13.6 Å². The molecule has 1 fully saturated rings. The van der Waals surface area contributed by atoms with Gasteiger partial charge in [-0.1, -0.05) is 19.3 Å². The second kappa shape index (κ2) is 5.48. The molecule has 3 nitrogen and oxygen atoms in total. The molecule has 1 aliphatic rings. The number of rotatable bonds is 4. The van der Waals surface area contributed by atoms with Gasteiger partial charge in [0.15, 0.2) is 0 Å². The van der Waals surface area contributed by atoms with Crippen molar-refractivity contribution >= 4 is 0 Å². The molecule has 1 aliphatic carbocycles. The molecule has 0 bridgehead atoms. The number of nitrogens with one attached hydrogen (secondary N) is 1. The number of nitrogens with zero attached hydrogens (tertiary/aromatic N) is 2. The van der Waals surface area contributed by atoms with Gasteiger partial charge in [0.05, 0.1) is 6.20 Å². The summed E-state index contributed by atoms with van der Waals surface area (Å²) in [6.45, 7) is 3.28. The summed E-state index contributed by atoms with van der Waals surface area (Å²) in [6.07, 6.45) is 11.1. The van der Waals surface area contributed by atoms with Crippen molar-refractivity contribution in [1.82, 2.24) is 15.1 Å². The number of aromatic nitrogens is 2. The topological polar surface area (TPSA) is 29.9 Å². The first-order valence-electron chi connectivity index (χ1n) is 6.46. The van der Waals surface area contributed by atoms with Crippen LogP contribution in [0.15, 0.2) is 12.4 Å². The van der Waals surface area contributed by atoms with Crippen LogP contribution in [0.3, 0.4) is 0 Å². The molecule has 1 atom stereocenters. The van der Waals surface area contributed by atoms with E-state index in [0.29, 0.717) is 6.04 Å². The number of hydrogen-bond acceptors (Lipinski definition) is 2. The monoisotopic (exact) mass is 221 g/mol. The summed E-state index contributed by atoms with van der Waals surface area (Å²) in [6, 6.07) is 0.639. The zero-order valence-electron chi connectivity index (χ0n) is 10.4. The maximum Gasteiger partial charge on any atom is 0.0534 e. The number of hydrogen-bond donors (Lipinski definition) is 1. The Balaban J connectivity index is 1.76. The Morgan fingerprint density at radius 1 is 1.44 bits per heavy atom. The van der Waals surface area contributed by atoms with Crippen LogP contribution in [0.25, 0.3) is 0 Å². The van der Waals surface area contributed by atoms with Crippen molar-refractivity contribution in [2.24, 2.45) is 13.0 Å². The lowest BCUT2D eigenvalue weighted by molar-refractivity contribution is 0.280. The standard InChI is InChI=1S/C13H23N3/c1-11(13-6-4-3-5-7-13)14-8-12-9-15-16(2)10-12/h9-11,13-14H,3-8H2,1-2H3/t11-/m0/s1. The van der Waals surface area contributed by atoms with Gasteiger partial charge in [-0.05, 0) is 25.7 Å².